The van der Waals surface area contributed by atoms with Crippen LogP contribution in [0.4, 0.5) is 0 Å². The number of sulfonamides is 2. The van der Waals surface area contributed by atoms with Crippen LogP contribution in [-0.4, -0.2) is 40.3 Å². The van der Waals surface area contributed by atoms with E-state index in [1.54, 1.807) is 0 Å². The summed E-state index contributed by atoms with van der Waals surface area (Å²) in [6.45, 7) is 3.25. The van der Waals surface area contributed by atoms with E-state index in [0.29, 0.717) is 19.0 Å². The van der Waals surface area contributed by atoms with E-state index in [1.165, 1.54) is 28.6 Å². The lowest BCUT2D eigenvalue weighted by Crippen LogP contribution is -2.37. The van der Waals surface area contributed by atoms with Crippen molar-refractivity contribution in [2.45, 2.75) is 61.3 Å². The molecule has 2 fully saturated rings. The van der Waals surface area contributed by atoms with E-state index in [4.69, 9.17) is 0 Å². The molecule has 3 rings (SSSR count). The Labute approximate surface area is 150 Å². The second kappa shape index (κ2) is 7.34. The first-order valence-corrected chi connectivity index (χ1v) is 11.8. The highest BCUT2D eigenvalue weighted by atomic mass is 32.2. The van der Waals surface area contributed by atoms with Crippen molar-refractivity contribution in [1.29, 1.82) is 0 Å². The summed E-state index contributed by atoms with van der Waals surface area (Å²) in [6.07, 6.45) is 5.50. The fraction of sp³-hybridized carbons (Fsp3) is 0.647. The highest BCUT2D eigenvalue weighted by molar-refractivity contribution is 7.89. The predicted octanol–water partition coefficient (Wildman–Crippen LogP) is 2.33. The monoisotopic (exact) mass is 386 g/mol. The zero-order chi connectivity index (χ0) is 18.1. The average molecular weight is 387 g/mol. The zero-order valence-electron chi connectivity index (χ0n) is 14.5. The summed E-state index contributed by atoms with van der Waals surface area (Å²) in [6, 6.07) is 5.53. The van der Waals surface area contributed by atoms with Crippen molar-refractivity contribution in [1.82, 2.24) is 9.03 Å². The van der Waals surface area contributed by atoms with Crippen LogP contribution in [0.1, 0.15) is 45.4 Å². The van der Waals surface area contributed by atoms with Crippen molar-refractivity contribution in [3.63, 3.8) is 0 Å². The summed E-state index contributed by atoms with van der Waals surface area (Å²) in [4.78, 5) is 0.270. The molecule has 6 nitrogen and oxygen atoms in total. The van der Waals surface area contributed by atoms with E-state index < -0.39 is 20.0 Å². The van der Waals surface area contributed by atoms with Crippen LogP contribution >= 0.6 is 0 Å². The predicted molar refractivity (Wildman–Crippen MR) is 96.2 cm³/mol. The van der Waals surface area contributed by atoms with Crippen LogP contribution in [0.2, 0.25) is 0 Å². The van der Waals surface area contributed by atoms with Crippen molar-refractivity contribution < 1.29 is 16.8 Å². The molecule has 8 heteroatoms. The maximum Gasteiger partial charge on any atom is 0.243 e. The van der Waals surface area contributed by atoms with E-state index in [9.17, 15) is 16.8 Å². The van der Waals surface area contributed by atoms with Crippen molar-refractivity contribution in [2.75, 3.05) is 13.1 Å². The van der Waals surface area contributed by atoms with Gasteiger partial charge in [0.05, 0.1) is 9.79 Å². The number of hydrogen-bond donors (Lipinski definition) is 1. The highest BCUT2D eigenvalue weighted by Crippen LogP contribution is 2.26. The van der Waals surface area contributed by atoms with Crippen LogP contribution in [0.15, 0.2) is 34.1 Å². The first kappa shape index (κ1) is 18.8. The molecule has 1 saturated carbocycles. The van der Waals surface area contributed by atoms with Crippen LogP contribution in [0.5, 0.6) is 0 Å². The third kappa shape index (κ3) is 4.24. The minimum absolute atomic E-state index is 0.0331. The Morgan fingerprint density at radius 2 is 1.40 bits per heavy atom. The Balaban J connectivity index is 1.73. The molecule has 1 aromatic rings. The van der Waals surface area contributed by atoms with Crippen molar-refractivity contribution in [3.8, 4) is 0 Å². The molecule has 0 amide bonds. The Morgan fingerprint density at radius 3 is 1.96 bits per heavy atom. The van der Waals surface area contributed by atoms with Gasteiger partial charge in [-0.15, -0.1) is 0 Å². The molecule has 0 spiro atoms. The van der Waals surface area contributed by atoms with Crippen molar-refractivity contribution in [3.05, 3.63) is 24.3 Å². The minimum atomic E-state index is -3.62. The normalized spacial score (nSPS) is 26.0. The van der Waals surface area contributed by atoms with Gasteiger partial charge in [-0.3, -0.25) is 0 Å². The maximum atomic E-state index is 12.5. The fourth-order valence-corrected chi connectivity index (χ4v) is 6.36. The lowest BCUT2D eigenvalue weighted by Gasteiger charge is -2.26. The summed E-state index contributed by atoms with van der Waals surface area (Å²) in [5, 5.41) is 0. The number of rotatable bonds is 5. The standard InChI is InChI=1S/C17H26N2O4S2/c1-14-4-6-15(7-5-14)18-24(20,21)16-8-10-17(11-9-16)25(22,23)19-12-2-3-13-19/h8-11,14-15,18H,2-7,12-13H2,1H3. The third-order valence-electron chi connectivity index (χ3n) is 5.17. The van der Waals surface area contributed by atoms with E-state index >= 15 is 0 Å². The second-order valence-corrected chi connectivity index (χ2v) is 10.8. The molecule has 2 aliphatic rings. The molecule has 1 saturated heterocycles. The Morgan fingerprint density at radius 1 is 0.880 bits per heavy atom. The van der Waals surface area contributed by atoms with Gasteiger partial charge in [0.25, 0.3) is 0 Å². The van der Waals surface area contributed by atoms with Crippen LogP contribution in [0.25, 0.3) is 0 Å². The van der Waals surface area contributed by atoms with Gasteiger partial charge in [-0.25, -0.2) is 21.6 Å². The molecule has 1 aliphatic carbocycles. The van der Waals surface area contributed by atoms with Gasteiger partial charge < -0.3 is 0 Å². The summed E-state index contributed by atoms with van der Waals surface area (Å²) in [5.41, 5.74) is 0. The zero-order valence-corrected chi connectivity index (χ0v) is 16.2. The Hall–Kier alpha value is -0.960. The molecule has 0 radical (unpaired) electrons. The number of hydrogen-bond acceptors (Lipinski definition) is 4. The second-order valence-electron chi connectivity index (χ2n) is 7.16. The van der Waals surface area contributed by atoms with Crippen LogP contribution in [0, 0.1) is 5.92 Å². The van der Waals surface area contributed by atoms with E-state index in [-0.39, 0.29) is 15.8 Å². The molecule has 1 heterocycles. The number of benzene rings is 1. The van der Waals surface area contributed by atoms with Crippen LogP contribution in [-0.2, 0) is 20.0 Å². The third-order valence-corrected chi connectivity index (χ3v) is 8.62. The molecule has 0 bridgehead atoms. The van der Waals surface area contributed by atoms with Gasteiger partial charge in [0.2, 0.25) is 20.0 Å². The van der Waals surface area contributed by atoms with Gasteiger partial charge in [0.1, 0.15) is 0 Å². The largest absolute Gasteiger partial charge is 0.243 e. The lowest BCUT2D eigenvalue weighted by atomic mass is 9.88. The Bertz CT molecular complexity index is 790. The van der Waals surface area contributed by atoms with E-state index in [2.05, 4.69) is 11.6 Å². The molecule has 140 valence electrons. The molecule has 0 aromatic heterocycles. The fourth-order valence-electron chi connectivity index (χ4n) is 3.53. The quantitative estimate of drug-likeness (QED) is 0.842. The molecular weight excluding hydrogens is 360 g/mol. The number of nitrogens with one attached hydrogen (secondary N) is 1. The molecule has 25 heavy (non-hydrogen) atoms. The molecule has 1 aromatic carbocycles. The van der Waals surface area contributed by atoms with Gasteiger partial charge in [-0.2, -0.15) is 4.31 Å². The first-order chi connectivity index (χ1) is 11.8. The van der Waals surface area contributed by atoms with Gasteiger partial charge in [-0.1, -0.05) is 6.92 Å². The number of nitrogens with zero attached hydrogens (tertiary/aromatic N) is 1. The smallest absolute Gasteiger partial charge is 0.208 e. The molecule has 0 unspecified atom stereocenters. The SMILES string of the molecule is CC1CCC(NS(=O)(=O)c2ccc(S(=O)(=O)N3CCCC3)cc2)CC1. The summed E-state index contributed by atoms with van der Waals surface area (Å²) < 4.78 is 54.3. The lowest BCUT2D eigenvalue weighted by molar-refractivity contribution is 0.332. The molecule has 0 atom stereocenters. The summed E-state index contributed by atoms with van der Waals surface area (Å²) in [5.74, 6) is 0.649. The Kier molecular flexibility index (Phi) is 5.53. The van der Waals surface area contributed by atoms with Crippen molar-refractivity contribution in [2.24, 2.45) is 5.92 Å². The van der Waals surface area contributed by atoms with Gasteiger partial charge in [0.15, 0.2) is 0 Å². The van der Waals surface area contributed by atoms with Gasteiger partial charge in [-0.05, 0) is 68.7 Å². The highest BCUT2D eigenvalue weighted by Gasteiger charge is 2.28. The van der Waals surface area contributed by atoms with E-state index in [1.807, 2.05) is 0 Å². The average Bonchev–Trinajstić information content (AvgIpc) is 3.12. The minimum Gasteiger partial charge on any atom is -0.208 e. The maximum absolute atomic E-state index is 12.5. The first-order valence-electron chi connectivity index (χ1n) is 8.91. The summed E-state index contributed by atoms with van der Waals surface area (Å²) in [7, 11) is -7.13. The van der Waals surface area contributed by atoms with Crippen molar-refractivity contribution >= 4 is 20.0 Å². The molecular formula is C17H26N2O4S2. The topological polar surface area (TPSA) is 83.5 Å². The van der Waals surface area contributed by atoms with Crippen LogP contribution in [0.3, 0.4) is 0 Å². The van der Waals surface area contributed by atoms with Gasteiger partial charge in [0, 0.05) is 19.1 Å². The molecule has 1 N–H and O–H groups in total. The van der Waals surface area contributed by atoms with Gasteiger partial charge >= 0.3 is 0 Å². The molecule has 1 aliphatic heterocycles. The van der Waals surface area contributed by atoms with E-state index in [0.717, 1.165) is 38.5 Å². The summed E-state index contributed by atoms with van der Waals surface area (Å²) >= 11 is 0. The van der Waals surface area contributed by atoms with Crippen LogP contribution < -0.4 is 4.72 Å².